The molecular formula is C14H31NO. The number of aliphatic hydroxyl groups excluding tert-OH is 1. The van der Waals surface area contributed by atoms with Gasteiger partial charge in [-0.25, -0.2) is 0 Å². The predicted molar refractivity (Wildman–Crippen MR) is 71.5 cm³/mol. The molecule has 0 saturated carbocycles. The third kappa shape index (κ3) is 6.49. The Labute approximate surface area is 102 Å². The molecular weight excluding hydrogens is 198 g/mol. The number of rotatable bonds is 10. The first kappa shape index (κ1) is 15.9. The molecule has 0 aliphatic heterocycles. The van der Waals surface area contributed by atoms with Gasteiger partial charge >= 0.3 is 0 Å². The second kappa shape index (κ2) is 9.00. The van der Waals surface area contributed by atoms with Crippen LogP contribution in [0.4, 0.5) is 0 Å². The van der Waals surface area contributed by atoms with Crippen LogP contribution in [0.1, 0.15) is 72.1 Å². The van der Waals surface area contributed by atoms with Gasteiger partial charge in [-0.1, -0.05) is 58.8 Å². The summed E-state index contributed by atoms with van der Waals surface area (Å²) >= 11 is 0. The van der Waals surface area contributed by atoms with Gasteiger partial charge in [-0.2, -0.15) is 0 Å². The highest BCUT2D eigenvalue weighted by Gasteiger charge is 2.27. The molecule has 0 saturated heterocycles. The Morgan fingerprint density at radius 3 is 2.00 bits per heavy atom. The van der Waals surface area contributed by atoms with Gasteiger partial charge in [-0.05, 0) is 13.3 Å². The van der Waals surface area contributed by atoms with Gasteiger partial charge in [0.1, 0.15) is 0 Å². The lowest BCUT2D eigenvalue weighted by molar-refractivity contribution is 0.0500. The summed E-state index contributed by atoms with van der Waals surface area (Å²) in [6, 6.07) is 0. The van der Waals surface area contributed by atoms with Crippen LogP contribution in [0, 0.1) is 5.41 Å². The van der Waals surface area contributed by atoms with E-state index < -0.39 is 0 Å². The standard InChI is InChI=1S/C14H31NO/c1-4-5-6-7-8-9-10-11-14(3,12-15)13(2)16/h13,16H,4-12,15H2,1-3H3. The summed E-state index contributed by atoms with van der Waals surface area (Å²) in [5, 5.41) is 9.66. The molecule has 0 aromatic rings. The van der Waals surface area contributed by atoms with Crippen molar-refractivity contribution in [3.63, 3.8) is 0 Å². The smallest absolute Gasteiger partial charge is 0.0577 e. The number of hydrogen-bond donors (Lipinski definition) is 2. The molecule has 2 nitrogen and oxygen atoms in total. The number of nitrogens with two attached hydrogens (primary N) is 1. The van der Waals surface area contributed by atoms with Gasteiger partial charge in [0.2, 0.25) is 0 Å². The first-order valence-electron chi connectivity index (χ1n) is 6.95. The normalized spacial score (nSPS) is 17.1. The maximum atomic E-state index is 9.66. The van der Waals surface area contributed by atoms with Crippen LogP contribution in [0.25, 0.3) is 0 Å². The minimum absolute atomic E-state index is 0.0799. The van der Waals surface area contributed by atoms with Crippen molar-refractivity contribution in [2.24, 2.45) is 11.1 Å². The van der Waals surface area contributed by atoms with Crippen molar-refractivity contribution in [2.75, 3.05) is 6.54 Å². The van der Waals surface area contributed by atoms with E-state index in [9.17, 15) is 5.11 Å². The highest BCUT2D eigenvalue weighted by atomic mass is 16.3. The molecule has 0 aromatic carbocycles. The van der Waals surface area contributed by atoms with Crippen molar-refractivity contribution in [2.45, 2.75) is 78.2 Å². The van der Waals surface area contributed by atoms with Crippen LogP contribution < -0.4 is 5.73 Å². The zero-order valence-corrected chi connectivity index (χ0v) is 11.5. The Bertz CT molecular complexity index is 159. The van der Waals surface area contributed by atoms with Gasteiger partial charge in [-0.15, -0.1) is 0 Å². The zero-order valence-electron chi connectivity index (χ0n) is 11.5. The zero-order chi connectivity index (χ0) is 12.4. The number of hydrogen-bond acceptors (Lipinski definition) is 2. The van der Waals surface area contributed by atoms with Crippen molar-refractivity contribution in [3.05, 3.63) is 0 Å². The highest BCUT2D eigenvalue weighted by molar-refractivity contribution is 4.80. The van der Waals surface area contributed by atoms with E-state index in [1.54, 1.807) is 0 Å². The molecule has 98 valence electrons. The highest BCUT2D eigenvalue weighted by Crippen LogP contribution is 2.27. The molecule has 2 heteroatoms. The van der Waals surface area contributed by atoms with Crippen molar-refractivity contribution < 1.29 is 5.11 Å². The van der Waals surface area contributed by atoms with Crippen molar-refractivity contribution >= 4 is 0 Å². The lowest BCUT2D eigenvalue weighted by Gasteiger charge is -2.31. The maximum absolute atomic E-state index is 9.66. The molecule has 16 heavy (non-hydrogen) atoms. The molecule has 0 rings (SSSR count). The van der Waals surface area contributed by atoms with Crippen molar-refractivity contribution in [3.8, 4) is 0 Å². The Hall–Kier alpha value is -0.0800. The molecule has 0 heterocycles. The first-order chi connectivity index (χ1) is 7.56. The number of aliphatic hydroxyl groups is 1. The summed E-state index contributed by atoms with van der Waals surface area (Å²) in [6.45, 7) is 6.78. The van der Waals surface area contributed by atoms with E-state index in [4.69, 9.17) is 5.73 Å². The molecule has 0 aliphatic rings. The van der Waals surface area contributed by atoms with E-state index in [1.807, 2.05) is 6.92 Å². The average molecular weight is 229 g/mol. The fraction of sp³-hybridized carbons (Fsp3) is 1.00. The summed E-state index contributed by atoms with van der Waals surface area (Å²) < 4.78 is 0. The van der Waals surface area contributed by atoms with Crippen molar-refractivity contribution in [1.29, 1.82) is 0 Å². The van der Waals surface area contributed by atoms with Gasteiger partial charge in [0, 0.05) is 12.0 Å². The summed E-state index contributed by atoms with van der Waals surface area (Å²) in [5.74, 6) is 0. The van der Waals surface area contributed by atoms with Gasteiger partial charge < -0.3 is 10.8 Å². The van der Waals surface area contributed by atoms with E-state index in [2.05, 4.69) is 13.8 Å². The largest absolute Gasteiger partial charge is 0.393 e. The van der Waals surface area contributed by atoms with Crippen LogP contribution in [-0.2, 0) is 0 Å². The topological polar surface area (TPSA) is 46.2 Å². The Morgan fingerprint density at radius 2 is 1.56 bits per heavy atom. The summed E-state index contributed by atoms with van der Waals surface area (Å²) in [7, 11) is 0. The molecule has 0 bridgehead atoms. The molecule has 0 spiro atoms. The van der Waals surface area contributed by atoms with Crippen LogP contribution in [0.2, 0.25) is 0 Å². The molecule has 0 aliphatic carbocycles. The third-order valence-electron chi connectivity index (χ3n) is 3.83. The molecule has 3 N–H and O–H groups in total. The van der Waals surface area contributed by atoms with Crippen LogP contribution in [-0.4, -0.2) is 17.8 Å². The quantitative estimate of drug-likeness (QED) is 0.563. The average Bonchev–Trinajstić information content (AvgIpc) is 2.27. The second-order valence-electron chi connectivity index (χ2n) is 5.41. The Balaban J connectivity index is 3.49. The van der Waals surface area contributed by atoms with Crippen LogP contribution >= 0.6 is 0 Å². The molecule has 0 fully saturated rings. The first-order valence-corrected chi connectivity index (χ1v) is 6.95. The van der Waals surface area contributed by atoms with E-state index >= 15 is 0 Å². The fourth-order valence-corrected chi connectivity index (χ4v) is 1.97. The van der Waals surface area contributed by atoms with Crippen LogP contribution in [0.5, 0.6) is 0 Å². The van der Waals surface area contributed by atoms with E-state index in [1.165, 1.54) is 44.9 Å². The molecule has 2 atom stereocenters. The molecule has 0 radical (unpaired) electrons. The van der Waals surface area contributed by atoms with Crippen LogP contribution in [0.3, 0.4) is 0 Å². The minimum atomic E-state index is -0.294. The monoisotopic (exact) mass is 229 g/mol. The van der Waals surface area contributed by atoms with E-state index in [0.717, 1.165) is 6.42 Å². The van der Waals surface area contributed by atoms with Crippen molar-refractivity contribution in [1.82, 2.24) is 0 Å². The molecule has 0 aromatic heterocycles. The predicted octanol–water partition coefficient (Wildman–Crippen LogP) is 3.47. The van der Waals surface area contributed by atoms with E-state index in [-0.39, 0.29) is 11.5 Å². The number of unbranched alkanes of at least 4 members (excludes halogenated alkanes) is 6. The van der Waals surface area contributed by atoms with Gasteiger partial charge in [-0.3, -0.25) is 0 Å². The Morgan fingerprint density at radius 1 is 1.06 bits per heavy atom. The summed E-state index contributed by atoms with van der Waals surface area (Å²) in [6.07, 6.45) is 9.99. The lowest BCUT2D eigenvalue weighted by Crippen LogP contribution is -2.37. The lowest BCUT2D eigenvalue weighted by atomic mass is 9.80. The van der Waals surface area contributed by atoms with Gasteiger partial charge in [0.25, 0.3) is 0 Å². The summed E-state index contributed by atoms with van der Waals surface area (Å²) in [5.41, 5.74) is 5.65. The Kier molecular flexibility index (Phi) is 8.96. The van der Waals surface area contributed by atoms with Gasteiger partial charge in [0.15, 0.2) is 0 Å². The van der Waals surface area contributed by atoms with Crippen LogP contribution in [0.15, 0.2) is 0 Å². The summed E-state index contributed by atoms with van der Waals surface area (Å²) in [4.78, 5) is 0. The maximum Gasteiger partial charge on any atom is 0.0577 e. The molecule has 0 amide bonds. The minimum Gasteiger partial charge on any atom is -0.393 e. The second-order valence-corrected chi connectivity index (χ2v) is 5.41. The third-order valence-corrected chi connectivity index (χ3v) is 3.83. The molecule has 2 unspecified atom stereocenters. The fourth-order valence-electron chi connectivity index (χ4n) is 1.97. The van der Waals surface area contributed by atoms with E-state index in [0.29, 0.717) is 6.54 Å². The SMILES string of the molecule is CCCCCCCCCC(C)(CN)C(C)O. The van der Waals surface area contributed by atoms with Gasteiger partial charge in [0.05, 0.1) is 6.10 Å².